The third kappa shape index (κ3) is 4.62. The van der Waals surface area contributed by atoms with Crippen molar-refractivity contribution in [3.63, 3.8) is 0 Å². The maximum atomic E-state index is 14.2. The van der Waals surface area contributed by atoms with Crippen LogP contribution < -0.4 is 9.64 Å². The van der Waals surface area contributed by atoms with Gasteiger partial charge in [0.2, 0.25) is 0 Å². The minimum Gasteiger partial charge on any atom is -0.497 e. The fourth-order valence-electron chi connectivity index (χ4n) is 4.36. The van der Waals surface area contributed by atoms with Gasteiger partial charge in [0.05, 0.1) is 24.2 Å². The van der Waals surface area contributed by atoms with Crippen LogP contribution in [0, 0.1) is 12.7 Å². The summed E-state index contributed by atoms with van der Waals surface area (Å²) < 4.78 is 21.3. The molecule has 35 heavy (non-hydrogen) atoms. The number of carbonyl (C=O) groups is 1. The van der Waals surface area contributed by atoms with E-state index in [0.717, 1.165) is 22.6 Å². The van der Waals surface area contributed by atoms with Gasteiger partial charge in [-0.3, -0.25) is 4.79 Å². The van der Waals surface area contributed by atoms with Crippen molar-refractivity contribution in [1.82, 2.24) is 14.7 Å². The van der Waals surface area contributed by atoms with Gasteiger partial charge >= 0.3 is 0 Å². The van der Waals surface area contributed by atoms with E-state index in [1.54, 1.807) is 23.9 Å². The van der Waals surface area contributed by atoms with Crippen molar-refractivity contribution in [2.75, 3.05) is 38.2 Å². The quantitative estimate of drug-likeness (QED) is 0.414. The topological polar surface area (TPSA) is 50.6 Å². The Morgan fingerprint density at radius 1 is 0.914 bits per heavy atom. The van der Waals surface area contributed by atoms with E-state index in [1.807, 2.05) is 77.4 Å². The molecule has 0 N–H and O–H groups in total. The molecule has 1 fully saturated rings. The van der Waals surface area contributed by atoms with Gasteiger partial charge in [-0.15, -0.1) is 0 Å². The molecule has 0 bridgehead atoms. The molecular formula is C28H27FN4O2. The van der Waals surface area contributed by atoms with Crippen LogP contribution in [-0.2, 0) is 0 Å². The molecule has 1 aromatic heterocycles. The maximum Gasteiger partial charge on any atom is 0.272 e. The molecule has 0 saturated carbocycles. The molecule has 1 aliphatic heterocycles. The average Bonchev–Trinajstić information content (AvgIpc) is 3.35. The Balaban J connectivity index is 1.45. The van der Waals surface area contributed by atoms with E-state index in [0.29, 0.717) is 43.3 Å². The van der Waals surface area contributed by atoms with Crippen molar-refractivity contribution in [3.8, 4) is 22.7 Å². The number of carbonyl (C=O) groups excluding carboxylic acids is 1. The van der Waals surface area contributed by atoms with Gasteiger partial charge in [0, 0.05) is 31.7 Å². The van der Waals surface area contributed by atoms with Gasteiger partial charge < -0.3 is 14.5 Å². The van der Waals surface area contributed by atoms with Crippen molar-refractivity contribution in [3.05, 3.63) is 95.9 Å². The molecule has 1 amide bonds. The summed E-state index contributed by atoms with van der Waals surface area (Å²) in [6, 6.07) is 24.2. The number of halogens is 1. The first-order chi connectivity index (χ1) is 17.0. The lowest BCUT2D eigenvalue weighted by atomic mass is 10.1. The maximum absolute atomic E-state index is 14.2. The van der Waals surface area contributed by atoms with Crippen LogP contribution in [0.4, 0.5) is 10.1 Å². The number of para-hydroxylation sites is 1. The van der Waals surface area contributed by atoms with Crippen LogP contribution in [0.25, 0.3) is 16.9 Å². The van der Waals surface area contributed by atoms with Gasteiger partial charge in [-0.25, -0.2) is 9.07 Å². The van der Waals surface area contributed by atoms with Crippen molar-refractivity contribution in [2.24, 2.45) is 0 Å². The van der Waals surface area contributed by atoms with Crippen LogP contribution in [0.1, 0.15) is 16.1 Å². The first-order valence-electron chi connectivity index (χ1n) is 11.6. The fraction of sp³-hybridized carbons (Fsp3) is 0.214. The molecule has 0 atom stereocenters. The number of aryl methyl sites for hydroxylation is 1. The van der Waals surface area contributed by atoms with Gasteiger partial charge in [0.25, 0.3) is 5.91 Å². The Hall–Kier alpha value is -4.13. The van der Waals surface area contributed by atoms with Crippen molar-refractivity contribution >= 4 is 11.6 Å². The summed E-state index contributed by atoms with van der Waals surface area (Å²) in [5.41, 5.74) is 4.58. The predicted octanol–water partition coefficient (Wildman–Crippen LogP) is 4.96. The molecule has 6 nitrogen and oxygen atoms in total. The number of methoxy groups -OCH3 is 1. The Labute approximate surface area is 204 Å². The fourth-order valence-corrected chi connectivity index (χ4v) is 4.36. The van der Waals surface area contributed by atoms with Crippen LogP contribution in [-0.4, -0.2) is 53.9 Å². The number of aromatic nitrogens is 2. The van der Waals surface area contributed by atoms with E-state index in [1.165, 1.54) is 6.07 Å². The smallest absolute Gasteiger partial charge is 0.272 e. The van der Waals surface area contributed by atoms with E-state index in [9.17, 15) is 9.18 Å². The highest BCUT2D eigenvalue weighted by molar-refractivity contribution is 5.94. The molecule has 0 aliphatic carbocycles. The molecule has 2 heterocycles. The zero-order valence-corrected chi connectivity index (χ0v) is 19.8. The van der Waals surface area contributed by atoms with E-state index < -0.39 is 0 Å². The van der Waals surface area contributed by atoms with Crippen LogP contribution in [0.5, 0.6) is 5.75 Å². The summed E-state index contributed by atoms with van der Waals surface area (Å²) in [5, 5.41) is 4.80. The summed E-state index contributed by atoms with van der Waals surface area (Å²) in [7, 11) is 1.62. The Bertz CT molecular complexity index is 1340. The van der Waals surface area contributed by atoms with E-state index in [-0.39, 0.29) is 11.7 Å². The largest absolute Gasteiger partial charge is 0.497 e. The van der Waals surface area contributed by atoms with Crippen molar-refractivity contribution in [2.45, 2.75) is 6.92 Å². The lowest BCUT2D eigenvalue weighted by molar-refractivity contribution is 0.0737. The molecule has 3 aromatic carbocycles. The molecular weight excluding hydrogens is 443 g/mol. The lowest BCUT2D eigenvalue weighted by Crippen LogP contribution is -2.49. The predicted molar refractivity (Wildman–Crippen MR) is 135 cm³/mol. The zero-order chi connectivity index (χ0) is 24.4. The average molecular weight is 471 g/mol. The Morgan fingerprint density at radius 3 is 2.37 bits per heavy atom. The normalized spacial score (nSPS) is 13.7. The van der Waals surface area contributed by atoms with Gasteiger partial charge in [0.15, 0.2) is 0 Å². The molecule has 0 spiro atoms. The molecule has 178 valence electrons. The van der Waals surface area contributed by atoms with Crippen molar-refractivity contribution in [1.29, 1.82) is 0 Å². The lowest BCUT2D eigenvalue weighted by Gasteiger charge is -2.36. The second-order valence-electron chi connectivity index (χ2n) is 8.62. The van der Waals surface area contributed by atoms with Crippen LogP contribution >= 0.6 is 0 Å². The highest BCUT2D eigenvalue weighted by Crippen LogP contribution is 2.27. The van der Waals surface area contributed by atoms with Crippen molar-refractivity contribution < 1.29 is 13.9 Å². The summed E-state index contributed by atoms with van der Waals surface area (Å²) in [6.07, 6.45) is 0. The first-order valence-corrected chi connectivity index (χ1v) is 11.6. The van der Waals surface area contributed by atoms with E-state index in [4.69, 9.17) is 9.84 Å². The summed E-state index contributed by atoms with van der Waals surface area (Å²) >= 11 is 0. The number of amides is 1. The van der Waals surface area contributed by atoms with Gasteiger partial charge in [0.1, 0.15) is 17.3 Å². The van der Waals surface area contributed by atoms with Crippen LogP contribution in [0.3, 0.4) is 0 Å². The third-order valence-corrected chi connectivity index (χ3v) is 6.33. The Kier molecular flexibility index (Phi) is 6.23. The number of hydrogen-bond donors (Lipinski definition) is 0. The van der Waals surface area contributed by atoms with Gasteiger partial charge in [-0.1, -0.05) is 42.0 Å². The molecule has 1 saturated heterocycles. The summed E-state index contributed by atoms with van der Waals surface area (Å²) in [4.78, 5) is 17.5. The minimum atomic E-state index is -0.243. The summed E-state index contributed by atoms with van der Waals surface area (Å²) in [6.45, 7) is 4.15. The number of nitrogens with zero attached hydrogens (tertiary/aromatic N) is 4. The van der Waals surface area contributed by atoms with Crippen LogP contribution in [0.2, 0.25) is 0 Å². The second-order valence-corrected chi connectivity index (χ2v) is 8.62. The van der Waals surface area contributed by atoms with E-state index >= 15 is 0 Å². The third-order valence-electron chi connectivity index (χ3n) is 6.33. The first kappa shape index (κ1) is 22.7. The number of rotatable bonds is 5. The molecule has 7 heteroatoms. The monoisotopic (exact) mass is 470 g/mol. The molecule has 0 unspecified atom stereocenters. The number of ether oxygens (including phenoxy) is 1. The molecule has 4 aromatic rings. The molecule has 5 rings (SSSR count). The van der Waals surface area contributed by atoms with Gasteiger partial charge in [-0.05, 0) is 49.4 Å². The number of anilines is 1. The van der Waals surface area contributed by atoms with E-state index in [2.05, 4.69) is 0 Å². The highest BCUT2D eigenvalue weighted by atomic mass is 19.1. The SMILES string of the molecule is COc1cccc(-c2cc(C(=O)N3CCN(c4ccccc4F)CC3)n(-c3ccc(C)cc3)n2)c1. The number of hydrogen-bond acceptors (Lipinski definition) is 4. The highest BCUT2D eigenvalue weighted by Gasteiger charge is 2.27. The molecule has 0 radical (unpaired) electrons. The standard InChI is InChI=1S/C28H27FN4O2/c1-20-10-12-22(13-11-20)33-27(19-25(30-33)21-6-5-7-23(18-21)35-2)28(34)32-16-14-31(15-17-32)26-9-4-3-8-24(26)29/h3-13,18-19H,14-17H2,1-2H3. The molecule has 1 aliphatic rings. The number of benzene rings is 3. The second kappa shape index (κ2) is 9.62. The number of piperazine rings is 1. The van der Waals surface area contributed by atoms with Gasteiger partial charge in [-0.2, -0.15) is 5.10 Å². The zero-order valence-electron chi connectivity index (χ0n) is 19.8. The van der Waals surface area contributed by atoms with Crippen LogP contribution in [0.15, 0.2) is 78.9 Å². The minimum absolute atomic E-state index is 0.0968. The summed E-state index contributed by atoms with van der Waals surface area (Å²) in [5.74, 6) is 0.387. The Morgan fingerprint density at radius 2 is 1.66 bits per heavy atom.